The minimum Gasteiger partial charge on any atom is -0.384 e. The number of hydrogen-bond acceptors (Lipinski definition) is 1. The Morgan fingerprint density at radius 2 is 2.31 bits per heavy atom. The lowest BCUT2D eigenvalue weighted by atomic mass is 9.91. The monoisotopic (exact) mass is 179 g/mol. The molecule has 0 bridgehead atoms. The highest BCUT2D eigenvalue weighted by molar-refractivity contribution is 5.15. The zero-order chi connectivity index (χ0) is 10.1. The van der Waals surface area contributed by atoms with Crippen LogP contribution >= 0.6 is 0 Å². The molecule has 0 saturated carbocycles. The third-order valence-corrected chi connectivity index (χ3v) is 2.81. The summed E-state index contributed by atoms with van der Waals surface area (Å²) in [6.45, 7) is 12.9. The summed E-state index contributed by atoms with van der Waals surface area (Å²) in [6, 6.07) is 0. The Morgan fingerprint density at radius 3 is 2.69 bits per heavy atom. The van der Waals surface area contributed by atoms with Crippen LogP contribution in [0.1, 0.15) is 40.5 Å². The lowest BCUT2D eigenvalue weighted by Gasteiger charge is -2.17. The van der Waals surface area contributed by atoms with Crippen LogP contribution in [-0.4, -0.2) is 5.54 Å². The van der Waals surface area contributed by atoms with E-state index in [0.29, 0.717) is 5.92 Å². The van der Waals surface area contributed by atoms with Gasteiger partial charge >= 0.3 is 0 Å². The van der Waals surface area contributed by atoms with Crippen LogP contribution in [-0.2, 0) is 0 Å². The fourth-order valence-electron chi connectivity index (χ4n) is 2.03. The second-order valence-electron chi connectivity index (χ2n) is 4.77. The van der Waals surface area contributed by atoms with E-state index in [9.17, 15) is 0 Å². The maximum Gasteiger partial charge on any atom is 0.0321 e. The largest absolute Gasteiger partial charge is 0.384 e. The van der Waals surface area contributed by atoms with Gasteiger partial charge < -0.3 is 5.32 Å². The molecule has 0 aromatic carbocycles. The highest BCUT2D eigenvalue weighted by atomic mass is 15.0. The first-order valence-corrected chi connectivity index (χ1v) is 5.03. The normalized spacial score (nSPS) is 27.5. The summed E-state index contributed by atoms with van der Waals surface area (Å²) in [5.74, 6) is 0.631. The Morgan fingerprint density at radius 1 is 1.69 bits per heavy atom. The van der Waals surface area contributed by atoms with Gasteiger partial charge in [0.2, 0.25) is 0 Å². The average molecular weight is 179 g/mol. The van der Waals surface area contributed by atoms with Crippen molar-refractivity contribution in [2.24, 2.45) is 5.92 Å². The van der Waals surface area contributed by atoms with Crippen molar-refractivity contribution < 1.29 is 0 Å². The molecule has 1 heteroatoms. The number of allylic oxidation sites excluding steroid dienone is 3. The first kappa shape index (κ1) is 10.4. The van der Waals surface area contributed by atoms with Gasteiger partial charge in [-0.3, -0.25) is 0 Å². The molecule has 74 valence electrons. The van der Waals surface area contributed by atoms with Crippen LogP contribution in [0.25, 0.3) is 0 Å². The van der Waals surface area contributed by atoms with Gasteiger partial charge in [0, 0.05) is 17.2 Å². The van der Waals surface area contributed by atoms with E-state index in [1.807, 2.05) is 0 Å². The lowest BCUT2D eigenvalue weighted by molar-refractivity contribution is 0.441. The molecule has 1 unspecified atom stereocenters. The highest BCUT2D eigenvalue weighted by Gasteiger charge is 2.32. The fourth-order valence-corrected chi connectivity index (χ4v) is 2.03. The summed E-state index contributed by atoms with van der Waals surface area (Å²) in [7, 11) is 0. The SMILES string of the molecule is C=C1NC(C)(C)CC1C/C(C)=C/C. The van der Waals surface area contributed by atoms with Gasteiger partial charge in [0.1, 0.15) is 0 Å². The van der Waals surface area contributed by atoms with E-state index >= 15 is 0 Å². The number of rotatable bonds is 2. The van der Waals surface area contributed by atoms with Crippen LogP contribution in [0.15, 0.2) is 23.9 Å². The molecule has 1 nitrogen and oxygen atoms in total. The van der Waals surface area contributed by atoms with E-state index in [4.69, 9.17) is 0 Å². The zero-order valence-electron chi connectivity index (χ0n) is 9.28. The minimum atomic E-state index is 0.246. The Labute approximate surface area is 81.9 Å². The topological polar surface area (TPSA) is 12.0 Å². The molecule has 1 atom stereocenters. The molecule has 0 aliphatic carbocycles. The van der Waals surface area contributed by atoms with Crippen LogP contribution in [0, 0.1) is 5.92 Å². The second kappa shape index (κ2) is 3.57. The molecule has 0 amide bonds. The smallest absolute Gasteiger partial charge is 0.0321 e. The Kier molecular flexibility index (Phi) is 2.84. The van der Waals surface area contributed by atoms with E-state index in [1.165, 1.54) is 17.7 Å². The van der Waals surface area contributed by atoms with E-state index in [0.717, 1.165) is 6.42 Å². The zero-order valence-corrected chi connectivity index (χ0v) is 9.28. The Hall–Kier alpha value is -0.720. The van der Waals surface area contributed by atoms with Gasteiger partial charge in [0.05, 0.1) is 0 Å². The van der Waals surface area contributed by atoms with Crippen molar-refractivity contribution in [3.05, 3.63) is 23.9 Å². The van der Waals surface area contributed by atoms with Gasteiger partial charge in [-0.1, -0.05) is 18.2 Å². The summed E-state index contributed by atoms with van der Waals surface area (Å²) in [4.78, 5) is 0. The summed E-state index contributed by atoms with van der Waals surface area (Å²) >= 11 is 0. The van der Waals surface area contributed by atoms with Gasteiger partial charge in [-0.25, -0.2) is 0 Å². The average Bonchev–Trinajstić information content (AvgIpc) is 2.24. The van der Waals surface area contributed by atoms with Crippen molar-refractivity contribution in [1.82, 2.24) is 5.32 Å². The molecule has 0 spiro atoms. The molecule has 0 aromatic rings. The predicted molar refractivity (Wildman–Crippen MR) is 58.5 cm³/mol. The summed E-state index contributed by atoms with van der Waals surface area (Å²) < 4.78 is 0. The van der Waals surface area contributed by atoms with Crippen LogP contribution in [0.4, 0.5) is 0 Å². The molecule has 1 N–H and O–H groups in total. The van der Waals surface area contributed by atoms with Crippen molar-refractivity contribution >= 4 is 0 Å². The van der Waals surface area contributed by atoms with Crippen LogP contribution in [0.2, 0.25) is 0 Å². The fraction of sp³-hybridized carbons (Fsp3) is 0.667. The van der Waals surface area contributed by atoms with Gasteiger partial charge in [0.25, 0.3) is 0 Å². The Bertz CT molecular complexity index is 236. The lowest BCUT2D eigenvalue weighted by Crippen LogP contribution is -2.30. The van der Waals surface area contributed by atoms with Crippen LogP contribution in [0.5, 0.6) is 0 Å². The van der Waals surface area contributed by atoms with Crippen molar-refractivity contribution in [2.45, 2.75) is 46.1 Å². The molecule has 1 aliphatic rings. The predicted octanol–water partition coefficient (Wildman–Crippen LogP) is 3.24. The van der Waals surface area contributed by atoms with E-state index in [2.05, 4.69) is 45.7 Å². The van der Waals surface area contributed by atoms with Gasteiger partial charge in [-0.2, -0.15) is 0 Å². The molecule has 1 saturated heterocycles. The maximum atomic E-state index is 4.08. The van der Waals surface area contributed by atoms with E-state index in [-0.39, 0.29) is 5.54 Å². The molecule has 13 heavy (non-hydrogen) atoms. The second-order valence-corrected chi connectivity index (χ2v) is 4.77. The first-order chi connectivity index (χ1) is 5.94. The van der Waals surface area contributed by atoms with Gasteiger partial charge in [-0.05, 0) is 40.5 Å². The third kappa shape index (κ3) is 2.61. The molecule has 0 aromatic heterocycles. The number of nitrogens with one attached hydrogen (secondary N) is 1. The molecule has 1 rings (SSSR count). The molecule has 1 fully saturated rings. The van der Waals surface area contributed by atoms with Crippen LogP contribution in [0.3, 0.4) is 0 Å². The molecule has 1 aliphatic heterocycles. The molecule has 0 radical (unpaired) electrons. The molecular formula is C12H21N. The quantitative estimate of drug-likeness (QED) is 0.642. The summed E-state index contributed by atoms with van der Waals surface area (Å²) in [5.41, 5.74) is 2.92. The third-order valence-electron chi connectivity index (χ3n) is 2.81. The Balaban J connectivity index is 2.59. The number of hydrogen-bond donors (Lipinski definition) is 1. The maximum absolute atomic E-state index is 4.08. The van der Waals surface area contributed by atoms with Crippen molar-refractivity contribution in [3.63, 3.8) is 0 Å². The van der Waals surface area contributed by atoms with Crippen molar-refractivity contribution in [3.8, 4) is 0 Å². The van der Waals surface area contributed by atoms with Gasteiger partial charge in [-0.15, -0.1) is 0 Å². The highest BCUT2D eigenvalue weighted by Crippen LogP contribution is 2.33. The summed E-state index contributed by atoms with van der Waals surface area (Å²) in [5, 5.41) is 3.45. The van der Waals surface area contributed by atoms with E-state index < -0.39 is 0 Å². The summed E-state index contributed by atoms with van der Waals surface area (Å²) in [6.07, 6.45) is 4.56. The molecular weight excluding hydrogens is 158 g/mol. The molecule has 1 heterocycles. The van der Waals surface area contributed by atoms with Crippen molar-refractivity contribution in [2.75, 3.05) is 0 Å². The minimum absolute atomic E-state index is 0.246. The van der Waals surface area contributed by atoms with E-state index in [1.54, 1.807) is 0 Å². The standard InChI is InChI=1S/C12H21N/c1-6-9(2)7-11-8-12(4,5)13-10(11)3/h6,11,13H,3,7-8H2,1-2,4-5H3/b9-6+. The van der Waals surface area contributed by atoms with Gasteiger partial charge in [0.15, 0.2) is 0 Å². The van der Waals surface area contributed by atoms with Crippen molar-refractivity contribution in [1.29, 1.82) is 0 Å². The first-order valence-electron chi connectivity index (χ1n) is 5.03. The van der Waals surface area contributed by atoms with Crippen LogP contribution < -0.4 is 5.32 Å².